The van der Waals surface area contributed by atoms with Gasteiger partial charge >= 0.3 is 6.61 Å². The van der Waals surface area contributed by atoms with Gasteiger partial charge in [-0.05, 0) is 49.9 Å². The monoisotopic (exact) mass is 574 g/mol. The minimum atomic E-state index is -4.59. The number of ether oxygens (including phenoxy) is 3. The van der Waals surface area contributed by atoms with Crippen molar-refractivity contribution >= 4 is 16.1 Å². The van der Waals surface area contributed by atoms with Crippen LogP contribution in [0, 0.1) is 17.6 Å². The SMILES string of the molecule is C[C@H](N)C1=CN(C(C(=O)NS(N)(=O)=O)c2ccc(F)cc2F)C(c2ccc(OC(F)F)c(OCC3CC3)c2)O1. The third-order valence-electron chi connectivity index (χ3n) is 5.93. The van der Waals surface area contributed by atoms with Gasteiger partial charge in [0.05, 0.1) is 12.6 Å². The van der Waals surface area contributed by atoms with Crippen LogP contribution in [0.1, 0.15) is 43.2 Å². The summed E-state index contributed by atoms with van der Waals surface area (Å²) in [4.78, 5) is 14.3. The summed E-state index contributed by atoms with van der Waals surface area (Å²) >= 11 is 0. The Bertz CT molecular complexity index is 1370. The Labute approximate surface area is 221 Å². The van der Waals surface area contributed by atoms with Gasteiger partial charge in [-0.15, -0.1) is 0 Å². The highest BCUT2D eigenvalue weighted by Gasteiger charge is 2.40. The molecule has 10 nitrogen and oxygen atoms in total. The molecule has 212 valence electrons. The van der Waals surface area contributed by atoms with Crippen molar-refractivity contribution in [2.45, 2.75) is 44.7 Å². The van der Waals surface area contributed by atoms with Crippen LogP contribution in [-0.4, -0.2) is 38.5 Å². The predicted octanol–water partition coefficient (Wildman–Crippen LogP) is 2.94. The minimum absolute atomic E-state index is 0.0315. The van der Waals surface area contributed by atoms with Gasteiger partial charge in [-0.1, -0.05) is 6.07 Å². The van der Waals surface area contributed by atoms with Gasteiger partial charge in [-0.3, -0.25) is 4.79 Å². The second kappa shape index (κ2) is 11.3. The summed E-state index contributed by atoms with van der Waals surface area (Å²) in [6.07, 6.45) is 1.88. The first-order valence-electron chi connectivity index (χ1n) is 11.7. The summed E-state index contributed by atoms with van der Waals surface area (Å²) in [6.45, 7) is -1.31. The molecule has 15 heteroatoms. The minimum Gasteiger partial charge on any atom is -0.489 e. The summed E-state index contributed by atoms with van der Waals surface area (Å²) in [5.41, 5.74) is 5.81. The molecule has 0 bridgehead atoms. The van der Waals surface area contributed by atoms with Gasteiger partial charge in [0.1, 0.15) is 23.4 Å². The Hall–Kier alpha value is -3.56. The quantitative estimate of drug-likeness (QED) is 0.347. The van der Waals surface area contributed by atoms with Crippen LogP contribution in [0.5, 0.6) is 11.5 Å². The van der Waals surface area contributed by atoms with Crippen LogP contribution in [0.25, 0.3) is 0 Å². The van der Waals surface area contributed by atoms with Crippen molar-refractivity contribution in [3.8, 4) is 11.5 Å². The number of amides is 1. The predicted molar refractivity (Wildman–Crippen MR) is 129 cm³/mol. The number of alkyl halides is 2. The zero-order valence-electron chi connectivity index (χ0n) is 20.5. The highest BCUT2D eigenvalue weighted by Crippen LogP contribution is 2.43. The molecule has 2 aromatic carbocycles. The number of carbonyl (C=O) groups is 1. The second-order valence-electron chi connectivity index (χ2n) is 9.16. The summed E-state index contributed by atoms with van der Waals surface area (Å²) in [5.74, 6) is -3.24. The molecule has 1 fully saturated rings. The molecule has 1 aliphatic heterocycles. The number of rotatable bonds is 11. The van der Waals surface area contributed by atoms with Crippen LogP contribution < -0.4 is 25.1 Å². The van der Waals surface area contributed by atoms with Gasteiger partial charge in [0.25, 0.3) is 16.1 Å². The van der Waals surface area contributed by atoms with Crippen LogP contribution in [-0.2, 0) is 19.7 Å². The first kappa shape index (κ1) is 28.4. The Morgan fingerprint density at radius 2 is 1.90 bits per heavy atom. The maximum Gasteiger partial charge on any atom is 0.387 e. The maximum atomic E-state index is 14.9. The average Bonchev–Trinajstić information content (AvgIpc) is 3.55. The number of hydrogen-bond acceptors (Lipinski definition) is 8. The lowest BCUT2D eigenvalue weighted by Gasteiger charge is -2.32. The van der Waals surface area contributed by atoms with E-state index in [1.165, 1.54) is 24.4 Å². The van der Waals surface area contributed by atoms with Gasteiger partial charge in [0.15, 0.2) is 17.7 Å². The first-order valence-corrected chi connectivity index (χ1v) is 13.3. The number of carbonyl (C=O) groups excluding carboxylic acids is 1. The molecule has 39 heavy (non-hydrogen) atoms. The molecule has 2 aromatic rings. The molecule has 2 aliphatic rings. The van der Waals surface area contributed by atoms with Crippen molar-refractivity contribution in [3.63, 3.8) is 0 Å². The fourth-order valence-corrected chi connectivity index (χ4v) is 4.33. The lowest BCUT2D eigenvalue weighted by Crippen LogP contribution is -2.44. The van der Waals surface area contributed by atoms with Crippen molar-refractivity contribution in [3.05, 3.63) is 71.1 Å². The third-order valence-corrected chi connectivity index (χ3v) is 6.42. The lowest BCUT2D eigenvalue weighted by atomic mass is 10.0. The van der Waals surface area contributed by atoms with Crippen molar-refractivity contribution in [1.29, 1.82) is 0 Å². The fraction of sp³-hybridized carbons (Fsp3) is 0.375. The van der Waals surface area contributed by atoms with Crippen LogP contribution >= 0.6 is 0 Å². The van der Waals surface area contributed by atoms with Gasteiger partial charge in [-0.2, -0.15) is 17.2 Å². The van der Waals surface area contributed by atoms with Gasteiger partial charge in [0, 0.05) is 23.4 Å². The highest BCUT2D eigenvalue weighted by atomic mass is 32.2. The Morgan fingerprint density at radius 3 is 2.49 bits per heavy atom. The molecular weight excluding hydrogens is 548 g/mol. The first-order chi connectivity index (χ1) is 18.3. The van der Waals surface area contributed by atoms with E-state index in [0.717, 1.165) is 29.9 Å². The van der Waals surface area contributed by atoms with Gasteiger partial charge in [-0.25, -0.2) is 18.6 Å². The largest absolute Gasteiger partial charge is 0.489 e. The van der Waals surface area contributed by atoms with E-state index in [-0.39, 0.29) is 35.3 Å². The smallest absolute Gasteiger partial charge is 0.387 e. The summed E-state index contributed by atoms with van der Waals surface area (Å²) in [7, 11) is -4.59. The van der Waals surface area contributed by atoms with E-state index in [9.17, 15) is 30.8 Å². The van der Waals surface area contributed by atoms with Crippen LogP contribution in [0.2, 0.25) is 0 Å². The van der Waals surface area contributed by atoms with E-state index in [0.29, 0.717) is 6.07 Å². The number of benzene rings is 2. The summed E-state index contributed by atoms with van der Waals surface area (Å²) < 4.78 is 95.8. The Morgan fingerprint density at radius 1 is 1.18 bits per heavy atom. The van der Waals surface area contributed by atoms with E-state index in [1.807, 2.05) is 0 Å². The normalized spacial score (nSPS) is 18.8. The van der Waals surface area contributed by atoms with Crippen LogP contribution in [0.15, 0.2) is 48.4 Å². The molecule has 2 unspecified atom stereocenters. The number of nitrogens with two attached hydrogens (primary N) is 2. The van der Waals surface area contributed by atoms with Crippen molar-refractivity contribution < 1.29 is 45.0 Å². The van der Waals surface area contributed by atoms with Crippen molar-refractivity contribution in [1.82, 2.24) is 9.62 Å². The number of halogens is 4. The molecule has 3 atom stereocenters. The average molecular weight is 575 g/mol. The second-order valence-corrected chi connectivity index (χ2v) is 10.5. The maximum absolute atomic E-state index is 14.9. The fourth-order valence-electron chi connectivity index (χ4n) is 3.94. The zero-order chi connectivity index (χ0) is 28.5. The van der Waals surface area contributed by atoms with E-state index in [4.69, 9.17) is 20.3 Å². The zero-order valence-corrected chi connectivity index (χ0v) is 21.3. The molecular formula is C24H26F4N4O6S. The molecule has 0 aromatic heterocycles. The molecule has 1 amide bonds. The number of hydrogen-bond donors (Lipinski definition) is 3. The number of nitrogens with zero attached hydrogens (tertiary/aromatic N) is 1. The molecule has 1 saturated carbocycles. The standard InChI is InChI=1S/C24H26F4N4O6S/c1-12(29)20-10-32(21(22(33)31-39(30,34)35)16-6-5-15(25)9-17(16)26)23(37-20)14-4-7-18(38-24(27)28)19(8-14)36-11-13-2-3-13/h4-10,12-13,21,23-24H,2-3,11,29H2,1H3,(H,31,33)(H2,30,34,35)/t12-,21?,23?/m0/s1. The summed E-state index contributed by atoms with van der Waals surface area (Å²) in [5, 5.41) is 4.98. The topological polar surface area (TPSA) is 146 Å². The van der Waals surface area contributed by atoms with Crippen molar-refractivity contribution in [2.24, 2.45) is 16.8 Å². The van der Waals surface area contributed by atoms with E-state index in [1.54, 1.807) is 11.6 Å². The van der Waals surface area contributed by atoms with Crippen molar-refractivity contribution in [2.75, 3.05) is 6.61 Å². The Balaban J connectivity index is 1.79. The molecule has 1 heterocycles. The van der Waals surface area contributed by atoms with E-state index >= 15 is 0 Å². The Kier molecular flexibility index (Phi) is 8.23. The molecule has 5 N–H and O–H groups in total. The van der Waals surface area contributed by atoms with Crippen LogP contribution in [0.4, 0.5) is 17.6 Å². The number of nitrogens with one attached hydrogen (secondary N) is 1. The highest BCUT2D eigenvalue weighted by molar-refractivity contribution is 7.87. The van der Waals surface area contributed by atoms with E-state index in [2.05, 4.69) is 4.74 Å². The van der Waals surface area contributed by atoms with Crippen LogP contribution in [0.3, 0.4) is 0 Å². The van der Waals surface area contributed by atoms with Gasteiger partial charge in [0.2, 0.25) is 0 Å². The van der Waals surface area contributed by atoms with E-state index < -0.39 is 58.2 Å². The lowest BCUT2D eigenvalue weighted by molar-refractivity contribution is -0.127. The molecule has 4 rings (SSSR count). The molecule has 0 spiro atoms. The summed E-state index contributed by atoms with van der Waals surface area (Å²) in [6, 6.07) is 3.82. The van der Waals surface area contributed by atoms with Gasteiger partial charge < -0.3 is 24.8 Å². The molecule has 1 aliphatic carbocycles. The third kappa shape index (κ3) is 7.10. The molecule has 0 radical (unpaired) electrons. The molecule has 0 saturated heterocycles.